The van der Waals surface area contributed by atoms with E-state index in [2.05, 4.69) is 12.2 Å². The summed E-state index contributed by atoms with van der Waals surface area (Å²) < 4.78 is 0. The molecule has 1 aliphatic heterocycles. The molecule has 1 aromatic rings. The summed E-state index contributed by atoms with van der Waals surface area (Å²) in [5.74, 6) is -0.0507. The molecule has 19 heavy (non-hydrogen) atoms. The number of nitrogens with zero attached hydrogens (tertiary/aromatic N) is 1. The highest BCUT2D eigenvalue weighted by molar-refractivity contribution is 5.89. The number of carbonyl (C=O) groups excluding carboxylic acids is 2. The van der Waals surface area contributed by atoms with Crippen LogP contribution in [0.1, 0.15) is 23.6 Å². The molecule has 1 heterocycles. The van der Waals surface area contributed by atoms with Gasteiger partial charge < -0.3 is 10.2 Å². The standard InChI is InChI=1S/C15H20N2O2/c1-10-4-5-13(8-11(10)2)9-14(18)17-7-6-16-15(19)12(17)3/h4-5,8,12H,6-7,9H2,1-3H3,(H,16,19). The minimum Gasteiger partial charge on any atom is -0.353 e. The zero-order valence-corrected chi connectivity index (χ0v) is 11.7. The van der Waals surface area contributed by atoms with E-state index < -0.39 is 0 Å². The summed E-state index contributed by atoms with van der Waals surface area (Å²) in [5.41, 5.74) is 3.42. The number of hydrogen-bond acceptors (Lipinski definition) is 2. The predicted molar refractivity (Wildman–Crippen MR) is 73.8 cm³/mol. The van der Waals surface area contributed by atoms with Crippen LogP contribution in [0.25, 0.3) is 0 Å². The van der Waals surface area contributed by atoms with Gasteiger partial charge in [-0.15, -0.1) is 0 Å². The molecule has 2 rings (SSSR count). The van der Waals surface area contributed by atoms with Crippen LogP contribution in [0.2, 0.25) is 0 Å². The molecule has 4 heteroatoms. The van der Waals surface area contributed by atoms with E-state index in [9.17, 15) is 9.59 Å². The van der Waals surface area contributed by atoms with Crippen molar-refractivity contribution in [3.05, 3.63) is 34.9 Å². The molecule has 0 bridgehead atoms. The van der Waals surface area contributed by atoms with Gasteiger partial charge in [-0.05, 0) is 37.5 Å². The van der Waals surface area contributed by atoms with E-state index in [-0.39, 0.29) is 17.9 Å². The molecule has 4 nitrogen and oxygen atoms in total. The van der Waals surface area contributed by atoms with Crippen LogP contribution < -0.4 is 5.32 Å². The van der Waals surface area contributed by atoms with Gasteiger partial charge in [-0.2, -0.15) is 0 Å². The zero-order chi connectivity index (χ0) is 14.0. The molecule has 1 fully saturated rings. The number of piperazine rings is 1. The van der Waals surface area contributed by atoms with Crippen molar-refractivity contribution in [1.82, 2.24) is 10.2 Å². The van der Waals surface area contributed by atoms with E-state index in [1.54, 1.807) is 11.8 Å². The number of amides is 2. The topological polar surface area (TPSA) is 49.4 Å². The van der Waals surface area contributed by atoms with Crippen LogP contribution in [-0.4, -0.2) is 35.8 Å². The minimum atomic E-state index is -0.368. The summed E-state index contributed by atoms with van der Waals surface area (Å²) in [6.07, 6.45) is 0.360. The van der Waals surface area contributed by atoms with E-state index in [4.69, 9.17) is 0 Å². The number of carbonyl (C=O) groups is 2. The van der Waals surface area contributed by atoms with Gasteiger partial charge in [0.25, 0.3) is 0 Å². The lowest BCUT2D eigenvalue weighted by Gasteiger charge is -2.33. The van der Waals surface area contributed by atoms with Crippen molar-refractivity contribution >= 4 is 11.8 Å². The average Bonchev–Trinajstić information content (AvgIpc) is 2.37. The molecule has 1 aliphatic rings. The number of benzene rings is 1. The van der Waals surface area contributed by atoms with Crippen molar-refractivity contribution < 1.29 is 9.59 Å². The molecule has 102 valence electrons. The number of rotatable bonds is 2. The third kappa shape index (κ3) is 2.95. The molecule has 0 radical (unpaired) electrons. The van der Waals surface area contributed by atoms with Crippen LogP contribution in [0.3, 0.4) is 0 Å². The smallest absolute Gasteiger partial charge is 0.242 e. The maximum atomic E-state index is 12.3. The van der Waals surface area contributed by atoms with E-state index in [1.165, 1.54) is 11.1 Å². The Morgan fingerprint density at radius 3 is 2.79 bits per heavy atom. The first-order chi connectivity index (χ1) is 8.99. The zero-order valence-electron chi connectivity index (χ0n) is 11.7. The first-order valence-electron chi connectivity index (χ1n) is 6.62. The third-order valence-electron chi connectivity index (χ3n) is 3.75. The largest absolute Gasteiger partial charge is 0.353 e. The third-order valence-corrected chi connectivity index (χ3v) is 3.75. The van der Waals surface area contributed by atoms with E-state index >= 15 is 0 Å². The molecule has 0 spiro atoms. The van der Waals surface area contributed by atoms with Crippen molar-refractivity contribution in [1.29, 1.82) is 0 Å². The first-order valence-corrected chi connectivity index (χ1v) is 6.62. The second-order valence-corrected chi connectivity index (χ2v) is 5.15. The average molecular weight is 260 g/mol. The fourth-order valence-corrected chi connectivity index (χ4v) is 2.31. The van der Waals surface area contributed by atoms with Crippen LogP contribution in [0, 0.1) is 13.8 Å². The molecule has 1 atom stereocenters. The Kier molecular flexibility index (Phi) is 3.88. The molecule has 1 unspecified atom stereocenters. The molecule has 1 N–H and O–H groups in total. The Morgan fingerprint density at radius 2 is 2.11 bits per heavy atom. The lowest BCUT2D eigenvalue weighted by molar-refractivity contribution is -0.142. The number of aryl methyl sites for hydroxylation is 2. The number of nitrogens with one attached hydrogen (secondary N) is 1. The Bertz CT molecular complexity index is 511. The summed E-state index contributed by atoms with van der Waals surface area (Å²) in [7, 11) is 0. The maximum Gasteiger partial charge on any atom is 0.242 e. The van der Waals surface area contributed by atoms with Gasteiger partial charge in [-0.3, -0.25) is 9.59 Å². The molecule has 2 amide bonds. The summed E-state index contributed by atoms with van der Waals surface area (Å²) in [6.45, 7) is 7.00. The second kappa shape index (κ2) is 5.43. The fraction of sp³-hybridized carbons (Fsp3) is 0.467. The van der Waals surface area contributed by atoms with Crippen LogP contribution in [0.4, 0.5) is 0 Å². The van der Waals surface area contributed by atoms with Crippen molar-refractivity contribution in [3.8, 4) is 0 Å². The van der Waals surface area contributed by atoms with E-state index in [0.29, 0.717) is 19.5 Å². The molecule has 1 saturated heterocycles. The van der Waals surface area contributed by atoms with Crippen LogP contribution >= 0.6 is 0 Å². The van der Waals surface area contributed by atoms with Gasteiger partial charge in [0.1, 0.15) is 6.04 Å². The highest BCUT2D eigenvalue weighted by atomic mass is 16.2. The van der Waals surface area contributed by atoms with Gasteiger partial charge in [-0.25, -0.2) is 0 Å². The highest BCUT2D eigenvalue weighted by Gasteiger charge is 2.28. The monoisotopic (exact) mass is 260 g/mol. The predicted octanol–water partition coefficient (Wildman–Crippen LogP) is 1.19. The normalized spacial score (nSPS) is 19.2. The van der Waals surface area contributed by atoms with Crippen molar-refractivity contribution in [3.63, 3.8) is 0 Å². The van der Waals surface area contributed by atoms with Crippen molar-refractivity contribution in [2.24, 2.45) is 0 Å². The Labute approximate surface area is 113 Å². The van der Waals surface area contributed by atoms with Crippen molar-refractivity contribution in [2.45, 2.75) is 33.2 Å². The second-order valence-electron chi connectivity index (χ2n) is 5.15. The maximum absolute atomic E-state index is 12.3. The Morgan fingerprint density at radius 1 is 1.37 bits per heavy atom. The van der Waals surface area contributed by atoms with Gasteiger partial charge in [0.05, 0.1) is 6.42 Å². The molecule has 0 aliphatic carbocycles. The van der Waals surface area contributed by atoms with E-state index in [1.807, 2.05) is 25.1 Å². The fourth-order valence-electron chi connectivity index (χ4n) is 2.31. The molecular weight excluding hydrogens is 240 g/mol. The van der Waals surface area contributed by atoms with Crippen LogP contribution in [-0.2, 0) is 16.0 Å². The number of hydrogen-bond donors (Lipinski definition) is 1. The summed E-state index contributed by atoms with van der Waals surface area (Å²) >= 11 is 0. The Hall–Kier alpha value is -1.84. The van der Waals surface area contributed by atoms with Gasteiger partial charge >= 0.3 is 0 Å². The Balaban J connectivity index is 2.08. The van der Waals surface area contributed by atoms with Gasteiger partial charge in [0.15, 0.2) is 0 Å². The van der Waals surface area contributed by atoms with E-state index in [0.717, 1.165) is 5.56 Å². The lowest BCUT2D eigenvalue weighted by atomic mass is 10.0. The lowest BCUT2D eigenvalue weighted by Crippen LogP contribution is -2.56. The molecular formula is C15H20N2O2. The summed E-state index contributed by atoms with van der Waals surface area (Å²) in [4.78, 5) is 25.5. The highest BCUT2D eigenvalue weighted by Crippen LogP contribution is 2.13. The minimum absolute atomic E-state index is 0.0191. The summed E-state index contributed by atoms with van der Waals surface area (Å²) in [5, 5.41) is 2.76. The van der Waals surface area contributed by atoms with Crippen molar-refractivity contribution in [2.75, 3.05) is 13.1 Å². The van der Waals surface area contributed by atoms with Gasteiger partial charge in [0, 0.05) is 13.1 Å². The molecule has 0 saturated carbocycles. The first kappa shape index (κ1) is 13.6. The van der Waals surface area contributed by atoms with Crippen LogP contribution in [0.15, 0.2) is 18.2 Å². The van der Waals surface area contributed by atoms with Gasteiger partial charge in [-0.1, -0.05) is 18.2 Å². The molecule has 1 aromatic carbocycles. The molecule has 0 aromatic heterocycles. The van der Waals surface area contributed by atoms with Gasteiger partial charge in [0.2, 0.25) is 11.8 Å². The SMILES string of the molecule is Cc1ccc(CC(=O)N2CCNC(=O)C2C)cc1C. The summed E-state index contributed by atoms with van der Waals surface area (Å²) in [6, 6.07) is 5.69. The van der Waals surface area contributed by atoms with Crippen LogP contribution in [0.5, 0.6) is 0 Å². The quantitative estimate of drug-likeness (QED) is 0.868.